The molecule has 1 aromatic carbocycles. The molecule has 9 heteroatoms. The predicted molar refractivity (Wildman–Crippen MR) is 106 cm³/mol. The maximum absolute atomic E-state index is 12.8. The molecule has 1 aromatic heterocycles. The summed E-state index contributed by atoms with van der Waals surface area (Å²) in [5, 5.41) is 3.15. The Morgan fingerprint density at radius 1 is 1.29 bits per heavy atom. The molecule has 0 unspecified atom stereocenters. The Morgan fingerprint density at radius 3 is 2.84 bits per heavy atom. The van der Waals surface area contributed by atoms with E-state index in [4.69, 9.17) is 9.15 Å². The van der Waals surface area contributed by atoms with Crippen molar-refractivity contribution in [1.29, 1.82) is 0 Å². The molecule has 1 amide bonds. The predicted octanol–water partition coefficient (Wildman–Crippen LogP) is 4.15. The highest BCUT2D eigenvalue weighted by Gasteiger charge is 2.32. The minimum atomic E-state index is -4.36. The lowest BCUT2D eigenvalue weighted by atomic mass is 10.1. The highest BCUT2D eigenvalue weighted by molar-refractivity contribution is 5.86. The number of carbonyl (C=O) groups is 2. The van der Waals surface area contributed by atoms with Crippen molar-refractivity contribution in [1.82, 2.24) is 10.2 Å². The van der Waals surface area contributed by atoms with E-state index in [0.29, 0.717) is 43.7 Å². The van der Waals surface area contributed by atoms with Crippen LogP contribution in [0.1, 0.15) is 53.6 Å². The molecule has 1 N–H and O–H groups in total. The van der Waals surface area contributed by atoms with Crippen LogP contribution >= 0.6 is 0 Å². The smallest absolute Gasteiger partial charge is 0.416 e. The van der Waals surface area contributed by atoms with E-state index in [9.17, 15) is 22.8 Å². The van der Waals surface area contributed by atoms with Crippen LogP contribution in [-0.4, -0.2) is 36.0 Å². The molecule has 168 valence electrons. The largest absolute Gasteiger partial charge is 0.460 e. The highest BCUT2D eigenvalue weighted by atomic mass is 19.4. The lowest BCUT2D eigenvalue weighted by molar-refractivity contribution is -0.137. The standard InChI is InChI=1S/C22H25F3N2O4/c1-2-30-21(29)19-8-7-18(31-19)14-27-17(6-9-20(27)28)10-11-26-13-15-4-3-5-16(12-15)22(23,24)25/h3-5,7-8,12,17,26H,2,6,9-11,13-14H2,1H3/t17-/m1/s1. The van der Waals surface area contributed by atoms with Gasteiger partial charge in [-0.1, -0.05) is 18.2 Å². The number of carbonyl (C=O) groups excluding carboxylic acids is 2. The fraction of sp³-hybridized carbons (Fsp3) is 0.455. The molecule has 31 heavy (non-hydrogen) atoms. The third-order valence-electron chi connectivity index (χ3n) is 5.15. The first-order valence-corrected chi connectivity index (χ1v) is 10.2. The summed E-state index contributed by atoms with van der Waals surface area (Å²) in [7, 11) is 0. The van der Waals surface area contributed by atoms with E-state index in [1.54, 1.807) is 24.0 Å². The molecular formula is C22H25F3N2O4. The number of nitrogens with zero attached hydrogens (tertiary/aromatic N) is 1. The van der Waals surface area contributed by atoms with Gasteiger partial charge in [-0.3, -0.25) is 4.79 Å². The third kappa shape index (κ3) is 6.10. The van der Waals surface area contributed by atoms with Crippen LogP contribution in [0.4, 0.5) is 13.2 Å². The molecule has 1 atom stereocenters. The van der Waals surface area contributed by atoms with Crippen molar-refractivity contribution in [2.75, 3.05) is 13.2 Å². The molecule has 6 nitrogen and oxygen atoms in total. The number of halogens is 3. The first-order chi connectivity index (χ1) is 14.8. The lowest BCUT2D eigenvalue weighted by Gasteiger charge is -2.24. The molecule has 1 aliphatic heterocycles. The van der Waals surface area contributed by atoms with Gasteiger partial charge in [-0.25, -0.2) is 4.79 Å². The van der Waals surface area contributed by atoms with Crippen molar-refractivity contribution in [3.05, 3.63) is 59.0 Å². The number of furan rings is 1. The average molecular weight is 438 g/mol. The summed E-state index contributed by atoms with van der Waals surface area (Å²) in [6.07, 6.45) is -2.56. The molecule has 0 aliphatic carbocycles. The van der Waals surface area contributed by atoms with E-state index in [1.165, 1.54) is 12.1 Å². The van der Waals surface area contributed by atoms with Crippen LogP contribution in [0.25, 0.3) is 0 Å². The summed E-state index contributed by atoms with van der Waals surface area (Å²) in [4.78, 5) is 25.7. The SMILES string of the molecule is CCOC(=O)c1ccc(CN2C(=O)CC[C@@H]2CCNCc2cccc(C(F)(F)F)c2)o1. The molecular weight excluding hydrogens is 413 g/mol. The number of alkyl halides is 3. The maximum atomic E-state index is 12.8. The summed E-state index contributed by atoms with van der Waals surface area (Å²) in [5.74, 6) is 0.0665. The van der Waals surface area contributed by atoms with Crippen LogP contribution in [0.3, 0.4) is 0 Å². The van der Waals surface area contributed by atoms with E-state index in [2.05, 4.69) is 5.32 Å². The Balaban J connectivity index is 1.50. The van der Waals surface area contributed by atoms with Crippen molar-refractivity contribution in [3.8, 4) is 0 Å². The quantitative estimate of drug-likeness (QED) is 0.471. The Kier molecular flexibility index (Phi) is 7.37. The minimum absolute atomic E-state index is 0.00217. The summed E-state index contributed by atoms with van der Waals surface area (Å²) >= 11 is 0. The number of amides is 1. The van der Waals surface area contributed by atoms with Gasteiger partial charge in [0.25, 0.3) is 0 Å². The minimum Gasteiger partial charge on any atom is -0.460 e. The van der Waals surface area contributed by atoms with Gasteiger partial charge in [0.1, 0.15) is 5.76 Å². The number of benzene rings is 1. The van der Waals surface area contributed by atoms with Gasteiger partial charge in [0.15, 0.2) is 0 Å². The molecule has 0 bridgehead atoms. The number of hydrogen-bond donors (Lipinski definition) is 1. The number of hydrogen-bond acceptors (Lipinski definition) is 5. The van der Waals surface area contributed by atoms with Gasteiger partial charge in [0, 0.05) is 19.0 Å². The second-order valence-electron chi connectivity index (χ2n) is 7.36. The van der Waals surface area contributed by atoms with Crippen molar-refractivity contribution >= 4 is 11.9 Å². The van der Waals surface area contributed by atoms with Crippen molar-refractivity contribution < 1.29 is 31.9 Å². The summed E-state index contributed by atoms with van der Waals surface area (Å²) in [5.41, 5.74) is -0.115. The van der Waals surface area contributed by atoms with Crippen LogP contribution in [0.15, 0.2) is 40.8 Å². The van der Waals surface area contributed by atoms with Gasteiger partial charge in [0.05, 0.1) is 18.7 Å². The topological polar surface area (TPSA) is 71.8 Å². The van der Waals surface area contributed by atoms with E-state index >= 15 is 0 Å². The van der Waals surface area contributed by atoms with Gasteiger partial charge < -0.3 is 19.4 Å². The monoisotopic (exact) mass is 438 g/mol. The highest BCUT2D eigenvalue weighted by Crippen LogP contribution is 2.29. The van der Waals surface area contributed by atoms with E-state index in [0.717, 1.165) is 12.1 Å². The Morgan fingerprint density at radius 2 is 2.10 bits per heavy atom. The molecule has 3 rings (SSSR count). The number of ether oxygens (including phenoxy) is 1. The van der Waals surface area contributed by atoms with Crippen LogP contribution in [0.5, 0.6) is 0 Å². The van der Waals surface area contributed by atoms with Crippen molar-refractivity contribution in [2.45, 2.75) is 51.5 Å². The number of esters is 1. The first kappa shape index (κ1) is 22.9. The third-order valence-corrected chi connectivity index (χ3v) is 5.15. The van der Waals surface area contributed by atoms with Crippen molar-refractivity contribution in [3.63, 3.8) is 0 Å². The average Bonchev–Trinajstić information content (AvgIpc) is 3.33. The Bertz CT molecular complexity index is 910. The van der Waals surface area contributed by atoms with Crippen molar-refractivity contribution in [2.24, 2.45) is 0 Å². The summed E-state index contributed by atoms with van der Waals surface area (Å²) in [6, 6.07) is 8.40. The molecule has 2 heterocycles. The number of rotatable bonds is 9. The molecule has 0 saturated carbocycles. The number of likely N-dealkylation sites (tertiary alicyclic amines) is 1. The van der Waals surface area contributed by atoms with Gasteiger partial charge in [-0.15, -0.1) is 0 Å². The van der Waals surface area contributed by atoms with Gasteiger partial charge in [0.2, 0.25) is 11.7 Å². The normalized spacial score (nSPS) is 16.7. The molecule has 2 aromatic rings. The van der Waals surface area contributed by atoms with Crippen LogP contribution in [0.2, 0.25) is 0 Å². The second kappa shape index (κ2) is 10.00. The van der Waals surface area contributed by atoms with E-state index in [1.807, 2.05) is 0 Å². The molecule has 1 saturated heterocycles. The summed E-state index contributed by atoms with van der Waals surface area (Å²) in [6.45, 7) is 3.07. The van der Waals surface area contributed by atoms with Gasteiger partial charge in [-0.05, 0) is 50.1 Å². The van der Waals surface area contributed by atoms with E-state index < -0.39 is 17.7 Å². The zero-order chi connectivity index (χ0) is 22.4. The fourth-order valence-electron chi connectivity index (χ4n) is 3.61. The first-order valence-electron chi connectivity index (χ1n) is 10.2. The van der Waals surface area contributed by atoms with Crippen LogP contribution in [0, 0.1) is 0 Å². The van der Waals surface area contributed by atoms with Crippen LogP contribution in [-0.2, 0) is 28.8 Å². The Labute approximate surface area is 178 Å². The van der Waals surface area contributed by atoms with Gasteiger partial charge in [-0.2, -0.15) is 13.2 Å². The molecule has 1 aliphatic rings. The molecule has 1 fully saturated rings. The number of nitrogens with one attached hydrogen (secondary N) is 1. The second-order valence-corrected chi connectivity index (χ2v) is 7.36. The zero-order valence-electron chi connectivity index (χ0n) is 17.2. The van der Waals surface area contributed by atoms with Gasteiger partial charge >= 0.3 is 12.1 Å². The zero-order valence-corrected chi connectivity index (χ0v) is 17.2. The maximum Gasteiger partial charge on any atom is 0.416 e. The van der Waals surface area contributed by atoms with E-state index in [-0.39, 0.29) is 30.9 Å². The molecule has 0 spiro atoms. The lowest BCUT2D eigenvalue weighted by Crippen LogP contribution is -2.34. The summed E-state index contributed by atoms with van der Waals surface area (Å²) < 4.78 is 48.8. The van der Waals surface area contributed by atoms with Crippen LogP contribution < -0.4 is 5.32 Å². The fourth-order valence-corrected chi connectivity index (χ4v) is 3.61. The molecule has 0 radical (unpaired) electrons. The Hall–Kier alpha value is -2.81.